The molecule has 0 fully saturated rings. The quantitative estimate of drug-likeness (QED) is 0.694. The fraction of sp³-hybridized carbons (Fsp3) is 0.133. The molecule has 0 bridgehead atoms. The molecule has 0 aliphatic heterocycles. The third kappa shape index (κ3) is 4.06. The Bertz CT molecular complexity index is 726. The van der Waals surface area contributed by atoms with Crippen molar-refractivity contribution in [2.24, 2.45) is 4.99 Å². The summed E-state index contributed by atoms with van der Waals surface area (Å²) in [5.41, 5.74) is 0.719. The second-order valence-electron chi connectivity index (χ2n) is 4.25. The van der Waals surface area contributed by atoms with E-state index in [1.54, 1.807) is 12.1 Å². The maximum absolute atomic E-state index is 12.4. The van der Waals surface area contributed by atoms with Crippen molar-refractivity contribution < 1.29 is 8.42 Å². The summed E-state index contributed by atoms with van der Waals surface area (Å²) in [4.78, 5) is 4.37. The first-order chi connectivity index (χ1) is 10.0. The standard InChI is InChI=1S/C15H15ClN2O2S/c1-2-17-15(12-6-4-3-5-7-12)18-21(19,20)14-10-8-13(16)9-11-14/h3-11H,2H2,1H3,(H,17,18). The summed E-state index contributed by atoms with van der Waals surface area (Å²) >= 11 is 5.77. The Balaban J connectivity index is 2.33. The molecule has 0 amide bonds. The largest absolute Gasteiger partial charge is 0.268 e. The first-order valence-electron chi connectivity index (χ1n) is 6.41. The number of hydrogen-bond donors (Lipinski definition) is 1. The van der Waals surface area contributed by atoms with E-state index in [2.05, 4.69) is 9.71 Å². The van der Waals surface area contributed by atoms with E-state index in [1.807, 2.05) is 25.1 Å². The predicted molar refractivity (Wildman–Crippen MR) is 85.3 cm³/mol. The van der Waals surface area contributed by atoms with Gasteiger partial charge in [-0.25, -0.2) is 8.42 Å². The topological polar surface area (TPSA) is 58.5 Å². The molecule has 2 aromatic rings. The van der Waals surface area contributed by atoms with Crippen molar-refractivity contribution in [2.45, 2.75) is 11.8 Å². The van der Waals surface area contributed by atoms with Crippen molar-refractivity contribution >= 4 is 27.5 Å². The van der Waals surface area contributed by atoms with E-state index in [-0.39, 0.29) is 4.90 Å². The van der Waals surface area contributed by atoms with Crippen LogP contribution in [0.25, 0.3) is 0 Å². The van der Waals surface area contributed by atoms with Gasteiger partial charge in [-0.15, -0.1) is 0 Å². The lowest BCUT2D eigenvalue weighted by molar-refractivity contribution is 0.592. The Morgan fingerprint density at radius 1 is 1.10 bits per heavy atom. The number of rotatable bonds is 4. The molecule has 0 unspecified atom stereocenters. The lowest BCUT2D eigenvalue weighted by Crippen LogP contribution is -2.31. The van der Waals surface area contributed by atoms with Crippen molar-refractivity contribution in [2.75, 3.05) is 6.54 Å². The average molecular weight is 323 g/mol. The van der Waals surface area contributed by atoms with Gasteiger partial charge in [-0.05, 0) is 31.2 Å². The molecular weight excluding hydrogens is 308 g/mol. The van der Waals surface area contributed by atoms with Gasteiger partial charge in [0, 0.05) is 17.1 Å². The molecular formula is C15H15ClN2O2S. The van der Waals surface area contributed by atoms with Gasteiger partial charge < -0.3 is 0 Å². The zero-order valence-electron chi connectivity index (χ0n) is 11.5. The van der Waals surface area contributed by atoms with Gasteiger partial charge in [-0.1, -0.05) is 41.9 Å². The van der Waals surface area contributed by atoms with Crippen LogP contribution in [0.2, 0.25) is 5.02 Å². The minimum Gasteiger partial charge on any atom is -0.268 e. The summed E-state index contributed by atoms with van der Waals surface area (Å²) in [5, 5.41) is 0.486. The number of nitrogens with one attached hydrogen (secondary N) is 1. The Hall–Kier alpha value is -1.85. The number of nitrogens with zero attached hydrogens (tertiary/aromatic N) is 1. The van der Waals surface area contributed by atoms with Gasteiger partial charge in [0.1, 0.15) is 5.84 Å². The predicted octanol–water partition coefficient (Wildman–Crippen LogP) is 3.09. The monoisotopic (exact) mass is 322 g/mol. The van der Waals surface area contributed by atoms with Crippen LogP contribution in [-0.2, 0) is 10.0 Å². The van der Waals surface area contributed by atoms with E-state index in [0.717, 1.165) is 5.56 Å². The van der Waals surface area contributed by atoms with Crippen molar-refractivity contribution in [1.29, 1.82) is 0 Å². The molecule has 0 aliphatic rings. The first kappa shape index (κ1) is 15.5. The van der Waals surface area contributed by atoms with Crippen molar-refractivity contribution in [3.8, 4) is 0 Å². The number of halogens is 1. The van der Waals surface area contributed by atoms with Gasteiger partial charge in [0.25, 0.3) is 10.0 Å². The van der Waals surface area contributed by atoms with Gasteiger partial charge in [0.05, 0.1) is 4.90 Å². The van der Waals surface area contributed by atoms with Crippen LogP contribution in [0.5, 0.6) is 0 Å². The molecule has 110 valence electrons. The smallest absolute Gasteiger partial charge is 0.263 e. The van der Waals surface area contributed by atoms with Crippen LogP contribution in [0.15, 0.2) is 64.5 Å². The molecule has 6 heteroatoms. The second-order valence-corrected chi connectivity index (χ2v) is 6.37. The highest BCUT2D eigenvalue weighted by Crippen LogP contribution is 2.14. The van der Waals surface area contributed by atoms with E-state index in [9.17, 15) is 8.42 Å². The summed E-state index contributed by atoms with van der Waals surface area (Å²) in [7, 11) is -3.69. The molecule has 2 rings (SSSR count). The highest BCUT2D eigenvalue weighted by Gasteiger charge is 2.17. The lowest BCUT2D eigenvalue weighted by atomic mass is 10.2. The molecule has 1 N–H and O–H groups in total. The zero-order valence-corrected chi connectivity index (χ0v) is 13.0. The minimum absolute atomic E-state index is 0.145. The van der Waals surface area contributed by atoms with E-state index < -0.39 is 10.0 Å². The lowest BCUT2D eigenvalue weighted by Gasteiger charge is -2.11. The van der Waals surface area contributed by atoms with E-state index in [1.165, 1.54) is 24.3 Å². The van der Waals surface area contributed by atoms with Crippen LogP contribution >= 0.6 is 11.6 Å². The molecule has 0 saturated heterocycles. The summed E-state index contributed by atoms with van der Waals surface area (Å²) in [6, 6.07) is 15.1. The van der Waals surface area contributed by atoms with E-state index >= 15 is 0 Å². The SMILES string of the molecule is CCN=C(NS(=O)(=O)c1ccc(Cl)cc1)c1ccccc1. The average Bonchev–Trinajstić information content (AvgIpc) is 2.48. The molecule has 2 aromatic carbocycles. The highest BCUT2D eigenvalue weighted by atomic mass is 35.5. The molecule has 0 atom stereocenters. The van der Waals surface area contributed by atoms with Crippen molar-refractivity contribution in [3.05, 3.63) is 65.2 Å². The molecule has 0 spiro atoms. The zero-order chi connectivity index (χ0) is 15.3. The van der Waals surface area contributed by atoms with E-state index in [0.29, 0.717) is 17.4 Å². The summed E-state index contributed by atoms with van der Waals surface area (Å²) < 4.78 is 27.3. The fourth-order valence-electron chi connectivity index (χ4n) is 1.74. The van der Waals surface area contributed by atoms with Crippen LogP contribution in [0.4, 0.5) is 0 Å². The number of sulfonamides is 1. The Labute approximate surface area is 129 Å². The molecule has 0 saturated carbocycles. The fourth-order valence-corrected chi connectivity index (χ4v) is 2.91. The number of hydrogen-bond acceptors (Lipinski definition) is 3. The molecule has 0 aromatic heterocycles. The maximum Gasteiger partial charge on any atom is 0.263 e. The summed E-state index contributed by atoms with van der Waals surface area (Å²) in [6.45, 7) is 2.33. The third-order valence-corrected chi connectivity index (χ3v) is 4.33. The van der Waals surface area contributed by atoms with Gasteiger partial charge in [-0.3, -0.25) is 9.71 Å². The van der Waals surface area contributed by atoms with Crippen LogP contribution in [0, 0.1) is 0 Å². The van der Waals surface area contributed by atoms with Gasteiger partial charge >= 0.3 is 0 Å². The first-order valence-corrected chi connectivity index (χ1v) is 8.27. The normalized spacial score (nSPS) is 12.2. The Morgan fingerprint density at radius 3 is 2.29 bits per heavy atom. The van der Waals surface area contributed by atoms with Crippen molar-refractivity contribution in [3.63, 3.8) is 0 Å². The number of aliphatic imine (C=N–C) groups is 1. The highest BCUT2D eigenvalue weighted by molar-refractivity contribution is 7.90. The minimum atomic E-state index is -3.69. The number of amidine groups is 1. The van der Waals surface area contributed by atoms with Crippen LogP contribution in [-0.4, -0.2) is 20.8 Å². The molecule has 4 nitrogen and oxygen atoms in total. The van der Waals surface area contributed by atoms with Crippen LogP contribution in [0.1, 0.15) is 12.5 Å². The molecule has 0 heterocycles. The maximum atomic E-state index is 12.4. The van der Waals surface area contributed by atoms with Crippen LogP contribution < -0.4 is 4.72 Å². The molecule has 0 radical (unpaired) electrons. The second kappa shape index (κ2) is 6.74. The molecule has 0 aliphatic carbocycles. The Kier molecular flexibility index (Phi) is 4.98. The number of benzene rings is 2. The summed E-state index contributed by atoms with van der Waals surface area (Å²) in [6.07, 6.45) is 0. The van der Waals surface area contributed by atoms with Gasteiger partial charge in [-0.2, -0.15) is 0 Å². The van der Waals surface area contributed by atoms with Crippen molar-refractivity contribution in [1.82, 2.24) is 4.72 Å². The van der Waals surface area contributed by atoms with Gasteiger partial charge in [0.2, 0.25) is 0 Å². The third-order valence-electron chi connectivity index (χ3n) is 2.72. The van der Waals surface area contributed by atoms with Crippen LogP contribution in [0.3, 0.4) is 0 Å². The molecule has 21 heavy (non-hydrogen) atoms. The van der Waals surface area contributed by atoms with Gasteiger partial charge in [0.15, 0.2) is 0 Å². The van der Waals surface area contributed by atoms with E-state index in [4.69, 9.17) is 11.6 Å². The summed E-state index contributed by atoms with van der Waals surface area (Å²) in [5.74, 6) is 0.327. The Morgan fingerprint density at radius 2 is 1.71 bits per heavy atom.